The van der Waals surface area contributed by atoms with Gasteiger partial charge in [-0.3, -0.25) is 9.69 Å². The average molecular weight is 337 g/mol. The summed E-state index contributed by atoms with van der Waals surface area (Å²) in [6.45, 7) is 2.11. The Labute approximate surface area is 133 Å². The van der Waals surface area contributed by atoms with Crippen LogP contribution in [-0.4, -0.2) is 73.9 Å². The van der Waals surface area contributed by atoms with E-state index >= 15 is 0 Å². The highest BCUT2D eigenvalue weighted by Gasteiger charge is 2.58. The van der Waals surface area contributed by atoms with E-state index in [1.54, 1.807) is 4.90 Å². The number of piperazine rings is 1. The summed E-state index contributed by atoms with van der Waals surface area (Å²) >= 11 is 0. The van der Waals surface area contributed by atoms with Gasteiger partial charge in [0.05, 0.1) is 6.54 Å². The SMILES string of the molecule is O=C(C1CC12CCNCC2)N1CCN(CC(F)(F)C(F)F)CC1. The van der Waals surface area contributed by atoms with Crippen LogP contribution in [0.4, 0.5) is 17.6 Å². The van der Waals surface area contributed by atoms with E-state index in [4.69, 9.17) is 0 Å². The molecule has 1 atom stereocenters. The minimum absolute atomic E-state index is 0.0682. The lowest BCUT2D eigenvalue weighted by molar-refractivity contribution is -0.149. The normalized spacial score (nSPS) is 28.4. The van der Waals surface area contributed by atoms with Gasteiger partial charge >= 0.3 is 12.3 Å². The molecule has 23 heavy (non-hydrogen) atoms. The number of carbonyl (C=O) groups excluding carboxylic acids is 1. The largest absolute Gasteiger partial charge is 0.340 e. The number of rotatable bonds is 4. The topological polar surface area (TPSA) is 35.6 Å². The van der Waals surface area contributed by atoms with Crippen LogP contribution in [-0.2, 0) is 4.79 Å². The van der Waals surface area contributed by atoms with Gasteiger partial charge in [-0.05, 0) is 37.8 Å². The lowest BCUT2D eigenvalue weighted by Gasteiger charge is -2.36. The number of hydrogen-bond donors (Lipinski definition) is 1. The van der Waals surface area contributed by atoms with Crippen LogP contribution in [0.15, 0.2) is 0 Å². The maximum atomic E-state index is 13.1. The first kappa shape index (κ1) is 17.0. The summed E-state index contributed by atoms with van der Waals surface area (Å²) in [7, 11) is 0. The molecule has 0 aromatic carbocycles. The van der Waals surface area contributed by atoms with Crippen molar-refractivity contribution in [2.75, 3.05) is 45.8 Å². The van der Waals surface area contributed by atoms with E-state index in [1.165, 1.54) is 4.90 Å². The first-order chi connectivity index (χ1) is 10.8. The fraction of sp³-hybridized carbons (Fsp3) is 0.933. The fourth-order valence-corrected chi connectivity index (χ4v) is 3.89. The second-order valence-corrected chi connectivity index (χ2v) is 7.03. The van der Waals surface area contributed by atoms with E-state index in [2.05, 4.69) is 5.32 Å². The number of hydrogen-bond acceptors (Lipinski definition) is 3. The molecule has 2 heterocycles. The van der Waals surface area contributed by atoms with Crippen LogP contribution in [0.2, 0.25) is 0 Å². The standard InChI is InChI=1S/C15H23F4N3O/c16-13(17)15(18,19)10-21-5-7-22(8-6-21)12(23)11-9-14(11)1-3-20-4-2-14/h11,13,20H,1-10H2. The zero-order valence-electron chi connectivity index (χ0n) is 13.0. The van der Waals surface area contributed by atoms with E-state index in [1.807, 2.05) is 0 Å². The van der Waals surface area contributed by atoms with Gasteiger partial charge in [-0.25, -0.2) is 8.78 Å². The van der Waals surface area contributed by atoms with Crippen LogP contribution in [0.25, 0.3) is 0 Å². The highest BCUT2D eigenvalue weighted by Crippen LogP contribution is 2.59. The Balaban J connectivity index is 1.47. The monoisotopic (exact) mass is 337 g/mol. The summed E-state index contributed by atoms with van der Waals surface area (Å²) in [6, 6.07) is 0. The van der Waals surface area contributed by atoms with Crippen LogP contribution in [0.1, 0.15) is 19.3 Å². The van der Waals surface area contributed by atoms with Gasteiger partial charge in [0.15, 0.2) is 0 Å². The van der Waals surface area contributed by atoms with E-state index < -0.39 is 18.9 Å². The summed E-state index contributed by atoms with van der Waals surface area (Å²) < 4.78 is 50.7. The molecule has 1 aliphatic carbocycles. The molecule has 3 rings (SSSR count). The van der Waals surface area contributed by atoms with Gasteiger partial charge in [-0.1, -0.05) is 0 Å². The Kier molecular flexibility index (Phi) is 4.57. The molecule has 1 unspecified atom stereocenters. The van der Waals surface area contributed by atoms with Crippen LogP contribution in [0.5, 0.6) is 0 Å². The number of amides is 1. The first-order valence-electron chi connectivity index (χ1n) is 8.22. The molecule has 0 radical (unpaired) electrons. The molecule has 3 fully saturated rings. The third-order valence-electron chi connectivity index (χ3n) is 5.52. The number of halogens is 4. The second kappa shape index (κ2) is 6.20. The molecule has 2 aliphatic heterocycles. The minimum Gasteiger partial charge on any atom is -0.340 e. The van der Waals surface area contributed by atoms with Crippen molar-refractivity contribution in [3.05, 3.63) is 0 Å². The molecular formula is C15H23F4N3O. The van der Waals surface area contributed by atoms with Crippen LogP contribution in [0, 0.1) is 11.3 Å². The summed E-state index contributed by atoms with van der Waals surface area (Å²) in [6.07, 6.45) is -0.682. The lowest BCUT2D eigenvalue weighted by atomic mass is 9.91. The van der Waals surface area contributed by atoms with Gasteiger partial charge in [-0.2, -0.15) is 8.78 Å². The second-order valence-electron chi connectivity index (χ2n) is 7.03. The zero-order chi connectivity index (χ0) is 16.7. The number of alkyl halides is 4. The average Bonchev–Trinajstić information content (AvgIpc) is 3.20. The van der Waals surface area contributed by atoms with Crippen molar-refractivity contribution in [3.63, 3.8) is 0 Å². The fourth-order valence-electron chi connectivity index (χ4n) is 3.89. The molecule has 3 aliphatic rings. The summed E-state index contributed by atoms with van der Waals surface area (Å²) in [5.74, 6) is -3.80. The maximum Gasteiger partial charge on any atom is 0.319 e. The molecule has 0 bridgehead atoms. The third-order valence-corrected chi connectivity index (χ3v) is 5.52. The van der Waals surface area contributed by atoms with E-state index in [-0.39, 0.29) is 30.3 Å². The first-order valence-corrected chi connectivity index (χ1v) is 8.22. The Hall–Kier alpha value is -0.890. The smallest absolute Gasteiger partial charge is 0.319 e. The van der Waals surface area contributed by atoms with Crippen molar-refractivity contribution in [1.82, 2.24) is 15.1 Å². The van der Waals surface area contributed by atoms with Crippen molar-refractivity contribution in [1.29, 1.82) is 0 Å². The number of carbonyl (C=O) groups is 1. The van der Waals surface area contributed by atoms with Gasteiger partial charge in [0.25, 0.3) is 0 Å². The van der Waals surface area contributed by atoms with Gasteiger partial charge in [0.1, 0.15) is 0 Å². The van der Waals surface area contributed by atoms with Crippen LogP contribution in [0.3, 0.4) is 0 Å². The molecule has 1 saturated carbocycles. The highest BCUT2D eigenvalue weighted by atomic mass is 19.3. The Morgan fingerprint density at radius 3 is 2.35 bits per heavy atom. The predicted molar refractivity (Wildman–Crippen MR) is 76.6 cm³/mol. The van der Waals surface area contributed by atoms with Crippen LogP contribution < -0.4 is 5.32 Å². The number of piperidine rings is 1. The maximum absolute atomic E-state index is 13.1. The Morgan fingerprint density at radius 1 is 1.17 bits per heavy atom. The molecule has 4 nitrogen and oxygen atoms in total. The highest BCUT2D eigenvalue weighted by molar-refractivity contribution is 5.82. The molecule has 1 N–H and O–H groups in total. The minimum atomic E-state index is -3.98. The van der Waals surface area contributed by atoms with Crippen LogP contribution >= 0.6 is 0 Å². The third kappa shape index (κ3) is 3.47. The molecule has 8 heteroatoms. The molecule has 1 amide bonds. The van der Waals surface area contributed by atoms with Gasteiger partial charge in [0.2, 0.25) is 5.91 Å². The van der Waals surface area contributed by atoms with Crippen molar-refractivity contribution in [2.45, 2.75) is 31.6 Å². The van der Waals surface area contributed by atoms with E-state index in [0.717, 1.165) is 32.4 Å². The molecular weight excluding hydrogens is 314 g/mol. The molecule has 2 saturated heterocycles. The lowest BCUT2D eigenvalue weighted by Crippen LogP contribution is -2.53. The molecule has 1 spiro atoms. The quantitative estimate of drug-likeness (QED) is 0.788. The van der Waals surface area contributed by atoms with Gasteiger partial charge < -0.3 is 10.2 Å². The van der Waals surface area contributed by atoms with E-state index in [9.17, 15) is 22.4 Å². The zero-order valence-corrected chi connectivity index (χ0v) is 13.0. The van der Waals surface area contributed by atoms with Crippen molar-refractivity contribution in [3.8, 4) is 0 Å². The van der Waals surface area contributed by atoms with Gasteiger partial charge in [0, 0.05) is 32.1 Å². The molecule has 0 aromatic heterocycles. The molecule has 132 valence electrons. The predicted octanol–water partition coefficient (Wildman–Crippen LogP) is 1.42. The van der Waals surface area contributed by atoms with Crippen molar-refractivity contribution in [2.24, 2.45) is 11.3 Å². The molecule has 0 aromatic rings. The Morgan fingerprint density at radius 2 is 1.78 bits per heavy atom. The van der Waals surface area contributed by atoms with Crippen molar-refractivity contribution < 1.29 is 22.4 Å². The summed E-state index contributed by atoms with van der Waals surface area (Å²) in [5.41, 5.74) is 0.155. The van der Waals surface area contributed by atoms with Crippen molar-refractivity contribution >= 4 is 5.91 Å². The Bertz CT molecular complexity index is 446. The summed E-state index contributed by atoms with van der Waals surface area (Å²) in [5, 5.41) is 3.29. The van der Waals surface area contributed by atoms with Gasteiger partial charge in [-0.15, -0.1) is 0 Å². The van der Waals surface area contributed by atoms with E-state index in [0.29, 0.717) is 13.1 Å². The number of nitrogens with one attached hydrogen (secondary N) is 1. The number of nitrogens with zero attached hydrogens (tertiary/aromatic N) is 2. The summed E-state index contributed by atoms with van der Waals surface area (Å²) in [4.78, 5) is 15.6.